The summed E-state index contributed by atoms with van der Waals surface area (Å²) in [6, 6.07) is 13.3. The molecule has 1 saturated heterocycles. The largest absolute Gasteiger partial charge is 0.488 e. The molecular weight excluding hydrogens is 385 g/mol. The van der Waals surface area contributed by atoms with E-state index in [1.807, 2.05) is 37.2 Å². The number of carbonyl (C=O) groups is 1. The van der Waals surface area contributed by atoms with E-state index >= 15 is 0 Å². The lowest BCUT2D eigenvalue weighted by Crippen LogP contribution is -2.34. The number of halogens is 1. The van der Waals surface area contributed by atoms with Crippen LogP contribution in [0.5, 0.6) is 5.75 Å². The van der Waals surface area contributed by atoms with Gasteiger partial charge in [-0.3, -0.25) is 0 Å². The van der Waals surface area contributed by atoms with Crippen molar-refractivity contribution in [3.05, 3.63) is 54.1 Å². The Labute approximate surface area is 164 Å². The Morgan fingerprint density at radius 3 is 2.57 bits per heavy atom. The van der Waals surface area contributed by atoms with E-state index in [0.29, 0.717) is 12.2 Å². The first-order valence-electron chi connectivity index (χ1n) is 8.82. The average Bonchev–Trinajstić information content (AvgIpc) is 3.12. The van der Waals surface area contributed by atoms with Gasteiger partial charge in [-0.15, -0.1) is 0 Å². The second kappa shape index (κ2) is 8.05. The maximum atomic E-state index is 12.7. The first-order valence-corrected chi connectivity index (χ1v) is 10.1. The highest BCUT2D eigenvalue weighted by Gasteiger charge is 2.30. The normalized spacial score (nSPS) is 16.7. The lowest BCUT2D eigenvalue weighted by atomic mass is 10.0. The van der Waals surface area contributed by atoms with Crippen molar-refractivity contribution >= 4 is 27.9 Å². The lowest BCUT2D eigenvalue weighted by molar-refractivity contribution is 0.207. The van der Waals surface area contributed by atoms with E-state index in [2.05, 4.69) is 15.6 Å². The van der Waals surface area contributed by atoms with Crippen LogP contribution in [0.2, 0.25) is 0 Å². The Kier molecular flexibility index (Phi) is 5.73. The molecule has 1 aliphatic heterocycles. The molecule has 0 radical (unpaired) electrons. The minimum Gasteiger partial charge on any atom is -0.378 e. The SMILES string of the molecule is CN(C)c1cccc(C2CCCN2C(=O)Nc2ccc(OS(=O)(=O)F)cc2)c1. The van der Waals surface area contributed by atoms with E-state index in [0.717, 1.165) is 24.1 Å². The number of anilines is 2. The third-order valence-corrected chi connectivity index (χ3v) is 4.98. The molecule has 2 amide bonds. The van der Waals surface area contributed by atoms with Crippen molar-refractivity contribution in [3.63, 3.8) is 0 Å². The molecule has 1 fully saturated rings. The number of rotatable bonds is 5. The van der Waals surface area contributed by atoms with E-state index in [9.17, 15) is 17.1 Å². The second-order valence-corrected chi connectivity index (χ2v) is 7.72. The summed E-state index contributed by atoms with van der Waals surface area (Å²) in [5, 5.41) is 2.79. The minimum absolute atomic E-state index is 0.0146. The molecular formula is C19H22FN3O4S. The summed E-state index contributed by atoms with van der Waals surface area (Å²) in [6.07, 6.45) is 1.79. The number of hydrogen-bond acceptors (Lipinski definition) is 5. The molecule has 0 aliphatic carbocycles. The molecule has 7 nitrogen and oxygen atoms in total. The van der Waals surface area contributed by atoms with Crippen LogP contribution in [0.4, 0.5) is 20.1 Å². The third-order valence-electron chi connectivity index (χ3n) is 4.59. The van der Waals surface area contributed by atoms with Gasteiger partial charge in [-0.1, -0.05) is 16.0 Å². The van der Waals surface area contributed by atoms with Gasteiger partial charge in [0.25, 0.3) is 0 Å². The number of carbonyl (C=O) groups excluding carboxylic acids is 1. The summed E-state index contributed by atoms with van der Waals surface area (Å²) in [4.78, 5) is 16.5. The predicted octanol–water partition coefficient (Wildman–Crippen LogP) is 3.71. The van der Waals surface area contributed by atoms with Crippen molar-refractivity contribution in [1.82, 2.24) is 4.90 Å². The van der Waals surface area contributed by atoms with Crippen LogP contribution < -0.4 is 14.4 Å². The molecule has 0 saturated carbocycles. The van der Waals surface area contributed by atoms with Crippen LogP contribution in [0.3, 0.4) is 0 Å². The molecule has 1 unspecified atom stereocenters. The summed E-state index contributed by atoms with van der Waals surface area (Å²) in [5.74, 6) is -0.167. The monoisotopic (exact) mass is 407 g/mol. The van der Waals surface area contributed by atoms with E-state index < -0.39 is 10.5 Å². The van der Waals surface area contributed by atoms with Gasteiger partial charge in [0.05, 0.1) is 6.04 Å². The van der Waals surface area contributed by atoms with Crippen molar-refractivity contribution in [1.29, 1.82) is 0 Å². The molecule has 2 aromatic carbocycles. The minimum atomic E-state index is -5.07. The van der Waals surface area contributed by atoms with Gasteiger partial charge in [-0.2, -0.15) is 8.42 Å². The van der Waals surface area contributed by atoms with Gasteiger partial charge in [0.1, 0.15) is 5.75 Å². The van der Waals surface area contributed by atoms with E-state index in [-0.39, 0.29) is 17.8 Å². The van der Waals surface area contributed by atoms with Crippen molar-refractivity contribution in [2.24, 2.45) is 0 Å². The molecule has 150 valence electrons. The molecule has 1 aliphatic rings. The Morgan fingerprint density at radius 2 is 1.93 bits per heavy atom. The molecule has 0 bridgehead atoms. The van der Waals surface area contributed by atoms with Crippen LogP contribution in [0, 0.1) is 0 Å². The molecule has 2 aromatic rings. The van der Waals surface area contributed by atoms with E-state index in [1.165, 1.54) is 24.3 Å². The Bertz CT molecular complexity index is 948. The molecule has 1 atom stereocenters. The second-order valence-electron chi connectivity index (χ2n) is 6.77. The van der Waals surface area contributed by atoms with Crippen molar-refractivity contribution < 1.29 is 21.3 Å². The van der Waals surface area contributed by atoms with Gasteiger partial charge >= 0.3 is 16.5 Å². The molecule has 1 N–H and O–H groups in total. The Hall–Kier alpha value is -2.81. The number of urea groups is 1. The van der Waals surface area contributed by atoms with Gasteiger partial charge in [0, 0.05) is 32.0 Å². The summed E-state index contributed by atoms with van der Waals surface area (Å²) in [6.45, 7) is 0.643. The standard InChI is InChI=1S/C19H22FN3O4S/c1-22(2)16-6-3-5-14(13-16)18-7-4-12-23(18)19(24)21-15-8-10-17(11-9-15)27-28(20,25)26/h3,5-6,8-11,13,18H,4,7,12H2,1-2H3,(H,21,24). The molecule has 28 heavy (non-hydrogen) atoms. The van der Waals surface area contributed by atoms with Crippen LogP contribution >= 0.6 is 0 Å². The van der Waals surface area contributed by atoms with Gasteiger partial charge < -0.3 is 19.3 Å². The smallest absolute Gasteiger partial charge is 0.378 e. The number of nitrogens with zero attached hydrogens (tertiary/aromatic N) is 2. The summed E-state index contributed by atoms with van der Waals surface area (Å²) >= 11 is 0. The average molecular weight is 407 g/mol. The van der Waals surface area contributed by atoms with Gasteiger partial charge in [0.2, 0.25) is 0 Å². The number of likely N-dealkylation sites (tertiary alicyclic amines) is 1. The summed E-state index contributed by atoms with van der Waals surface area (Å²) in [7, 11) is -1.13. The highest BCUT2D eigenvalue weighted by Crippen LogP contribution is 2.34. The Balaban J connectivity index is 1.70. The van der Waals surface area contributed by atoms with Crippen LogP contribution in [0.1, 0.15) is 24.4 Å². The van der Waals surface area contributed by atoms with Gasteiger partial charge in [-0.05, 0) is 54.8 Å². The van der Waals surface area contributed by atoms with Crippen LogP contribution in [0.25, 0.3) is 0 Å². The number of hydrogen-bond donors (Lipinski definition) is 1. The zero-order valence-corrected chi connectivity index (χ0v) is 16.4. The third kappa shape index (κ3) is 4.92. The van der Waals surface area contributed by atoms with Crippen molar-refractivity contribution in [2.45, 2.75) is 18.9 Å². The maximum Gasteiger partial charge on any atom is 0.488 e. The summed E-state index contributed by atoms with van der Waals surface area (Å²) < 4.78 is 37.7. The van der Waals surface area contributed by atoms with Gasteiger partial charge in [-0.25, -0.2) is 4.79 Å². The number of nitrogens with one attached hydrogen (secondary N) is 1. The van der Waals surface area contributed by atoms with Crippen LogP contribution in [-0.4, -0.2) is 40.0 Å². The van der Waals surface area contributed by atoms with E-state index in [4.69, 9.17) is 0 Å². The maximum absolute atomic E-state index is 12.7. The molecule has 9 heteroatoms. The lowest BCUT2D eigenvalue weighted by Gasteiger charge is -2.26. The number of benzene rings is 2. The van der Waals surface area contributed by atoms with Crippen molar-refractivity contribution in [3.8, 4) is 5.75 Å². The van der Waals surface area contributed by atoms with E-state index in [1.54, 1.807) is 4.90 Å². The fourth-order valence-electron chi connectivity index (χ4n) is 3.27. The fraction of sp³-hybridized carbons (Fsp3) is 0.316. The predicted molar refractivity (Wildman–Crippen MR) is 106 cm³/mol. The topological polar surface area (TPSA) is 79.0 Å². The zero-order valence-electron chi connectivity index (χ0n) is 15.6. The van der Waals surface area contributed by atoms with Crippen molar-refractivity contribution in [2.75, 3.05) is 30.9 Å². The molecule has 0 aromatic heterocycles. The molecule has 1 heterocycles. The Morgan fingerprint density at radius 1 is 1.21 bits per heavy atom. The summed E-state index contributed by atoms with van der Waals surface area (Å²) in [5.41, 5.74) is 2.61. The fourth-order valence-corrected chi connectivity index (χ4v) is 3.61. The quantitative estimate of drug-likeness (QED) is 0.765. The van der Waals surface area contributed by atoms with Gasteiger partial charge in [0.15, 0.2) is 0 Å². The van der Waals surface area contributed by atoms with Crippen LogP contribution in [-0.2, 0) is 10.5 Å². The first-order chi connectivity index (χ1) is 13.2. The highest BCUT2D eigenvalue weighted by atomic mass is 32.3. The molecule has 3 rings (SSSR count). The van der Waals surface area contributed by atoms with Crippen LogP contribution in [0.15, 0.2) is 48.5 Å². The first kappa shape index (κ1) is 19.9. The zero-order chi connectivity index (χ0) is 20.3. The highest BCUT2D eigenvalue weighted by molar-refractivity contribution is 7.81. The number of amides is 2. The molecule has 0 spiro atoms.